The Kier molecular flexibility index (Phi) is 7.43. The van der Waals surface area contributed by atoms with E-state index < -0.39 is 35.6 Å². The zero-order valence-corrected chi connectivity index (χ0v) is 24.3. The van der Waals surface area contributed by atoms with Crippen molar-refractivity contribution in [1.29, 1.82) is 0 Å². The van der Waals surface area contributed by atoms with Crippen LogP contribution < -0.4 is 0 Å². The third-order valence-corrected chi connectivity index (χ3v) is 10.1. The van der Waals surface area contributed by atoms with Crippen molar-refractivity contribution in [2.45, 2.75) is 68.5 Å². The van der Waals surface area contributed by atoms with E-state index in [2.05, 4.69) is 0 Å². The fourth-order valence-electron chi connectivity index (χ4n) is 8.18. The molecule has 1 aliphatic carbocycles. The Hall–Kier alpha value is -3.75. The van der Waals surface area contributed by atoms with Gasteiger partial charge in [0, 0.05) is 25.7 Å². The maximum absolute atomic E-state index is 14.8. The standard InChI is InChI=1S/C35H39N3O5/c39-23-27(25-14-6-2-7-15-25)38-31-34(42)37(26-16-8-3-9-17-26)21-11-19-35(31)30(33(38)41)29-28(43-35)18-10-20-36(32(29)40)22-24-12-4-1-5-13-24/h1-2,4-7,10-15,18-19,26-31,39H,3,8-9,16-17,20-23H2/t27-,28-,29+,30+,31?,35+/m1/s1. The maximum Gasteiger partial charge on any atom is 0.249 e. The summed E-state index contributed by atoms with van der Waals surface area (Å²) in [5, 5.41) is 10.8. The Bertz CT molecular complexity index is 1420. The quantitative estimate of drug-likeness (QED) is 0.527. The minimum absolute atomic E-state index is 0.0936. The van der Waals surface area contributed by atoms with Crippen LogP contribution in [0, 0.1) is 11.8 Å². The van der Waals surface area contributed by atoms with Crippen molar-refractivity contribution < 1.29 is 24.2 Å². The molecule has 4 aliphatic heterocycles. The first kappa shape index (κ1) is 28.0. The van der Waals surface area contributed by atoms with E-state index in [1.807, 2.05) is 89.9 Å². The van der Waals surface area contributed by atoms with Crippen LogP contribution in [-0.4, -0.2) is 81.0 Å². The molecular formula is C35H39N3O5. The molecule has 8 heteroatoms. The van der Waals surface area contributed by atoms with Gasteiger partial charge in [-0.25, -0.2) is 0 Å². The predicted molar refractivity (Wildman–Crippen MR) is 160 cm³/mol. The second kappa shape index (κ2) is 11.4. The topological polar surface area (TPSA) is 90.4 Å². The van der Waals surface area contributed by atoms with Crippen LogP contribution in [-0.2, 0) is 25.7 Å². The Balaban J connectivity index is 1.31. The van der Waals surface area contributed by atoms with Gasteiger partial charge in [-0.05, 0) is 24.0 Å². The zero-order valence-electron chi connectivity index (χ0n) is 24.3. The molecule has 1 saturated carbocycles. The van der Waals surface area contributed by atoms with E-state index in [-0.39, 0.29) is 30.4 Å². The number of aliphatic hydroxyl groups is 1. The van der Waals surface area contributed by atoms with Crippen LogP contribution in [0.2, 0.25) is 0 Å². The normalized spacial score (nSPS) is 31.5. The average molecular weight is 582 g/mol. The van der Waals surface area contributed by atoms with Gasteiger partial charge in [-0.2, -0.15) is 0 Å². The lowest BCUT2D eigenvalue weighted by Gasteiger charge is -2.41. The SMILES string of the molecule is O=C1[C@@H]2[C@H]3C(=O)N([C@H](CO)c4ccccc4)C4C(=O)N(C5CCCCC5)CC=C[C@@]43O[C@@H]2C=CCN1Cc1ccccc1. The lowest BCUT2D eigenvalue weighted by atomic mass is 9.77. The molecule has 43 heavy (non-hydrogen) atoms. The van der Waals surface area contributed by atoms with E-state index in [1.54, 1.807) is 9.80 Å². The third-order valence-electron chi connectivity index (χ3n) is 10.1. The predicted octanol–water partition coefficient (Wildman–Crippen LogP) is 3.63. The Morgan fingerprint density at radius 1 is 0.860 bits per heavy atom. The zero-order chi connectivity index (χ0) is 29.6. The van der Waals surface area contributed by atoms with Crippen molar-refractivity contribution in [3.05, 3.63) is 96.1 Å². The van der Waals surface area contributed by atoms with Gasteiger partial charge in [0.1, 0.15) is 11.6 Å². The van der Waals surface area contributed by atoms with Crippen molar-refractivity contribution in [2.75, 3.05) is 19.7 Å². The minimum Gasteiger partial charge on any atom is -0.394 e. The van der Waals surface area contributed by atoms with Gasteiger partial charge in [-0.1, -0.05) is 104 Å². The monoisotopic (exact) mass is 581 g/mol. The average Bonchev–Trinajstić information content (AvgIpc) is 3.36. The number of aliphatic hydroxyl groups excluding tert-OH is 1. The molecule has 0 aromatic heterocycles. The van der Waals surface area contributed by atoms with Gasteiger partial charge >= 0.3 is 0 Å². The number of ether oxygens (including phenoxy) is 1. The van der Waals surface area contributed by atoms with Gasteiger partial charge in [0.05, 0.1) is 30.6 Å². The van der Waals surface area contributed by atoms with E-state index in [4.69, 9.17) is 4.74 Å². The first-order valence-corrected chi connectivity index (χ1v) is 15.7. The lowest BCUT2D eigenvalue weighted by molar-refractivity contribution is -0.153. The number of fused-ring (bicyclic) bond motifs is 2. The smallest absolute Gasteiger partial charge is 0.249 e. The number of benzene rings is 2. The highest BCUT2D eigenvalue weighted by atomic mass is 16.5. The number of carbonyl (C=O) groups excluding carboxylic acids is 3. The molecule has 1 spiro atoms. The summed E-state index contributed by atoms with van der Waals surface area (Å²) in [6.07, 6.45) is 12.2. The van der Waals surface area contributed by atoms with E-state index in [9.17, 15) is 19.5 Å². The third kappa shape index (κ3) is 4.62. The van der Waals surface area contributed by atoms with E-state index >= 15 is 0 Å². The second-order valence-corrected chi connectivity index (χ2v) is 12.5. The summed E-state index contributed by atoms with van der Waals surface area (Å²) >= 11 is 0. The highest BCUT2D eigenvalue weighted by Gasteiger charge is 2.72. The van der Waals surface area contributed by atoms with E-state index in [0.29, 0.717) is 19.6 Å². The second-order valence-electron chi connectivity index (χ2n) is 12.5. The lowest BCUT2D eigenvalue weighted by Crippen LogP contribution is -2.58. The van der Waals surface area contributed by atoms with Gasteiger partial charge in [0.15, 0.2) is 0 Å². The van der Waals surface area contributed by atoms with Crippen molar-refractivity contribution in [2.24, 2.45) is 11.8 Å². The summed E-state index contributed by atoms with van der Waals surface area (Å²) in [6.45, 7) is 0.923. The van der Waals surface area contributed by atoms with E-state index in [1.165, 1.54) is 0 Å². The van der Waals surface area contributed by atoms with Crippen LogP contribution in [0.3, 0.4) is 0 Å². The van der Waals surface area contributed by atoms with Crippen LogP contribution in [0.25, 0.3) is 0 Å². The molecule has 0 bridgehead atoms. The molecule has 1 N–H and O–H groups in total. The van der Waals surface area contributed by atoms with Gasteiger partial charge in [0.25, 0.3) is 0 Å². The van der Waals surface area contributed by atoms with Gasteiger partial charge in [0.2, 0.25) is 17.7 Å². The summed E-state index contributed by atoms with van der Waals surface area (Å²) < 4.78 is 6.83. The highest BCUT2D eigenvalue weighted by molar-refractivity contribution is 6.00. The fourth-order valence-corrected chi connectivity index (χ4v) is 8.18. The molecule has 0 radical (unpaired) electrons. The van der Waals surface area contributed by atoms with E-state index in [0.717, 1.165) is 43.2 Å². The van der Waals surface area contributed by atoms with Crippen LogP contribution in [0.1, 0.15) is 49.3 Å². The molecule has 6 atom stereocenters. The number of hydrogen-bond donors (Lipinski definition) is 1. The summed E-state index contributed by atoms with van der Waals surface area (Å²) in [7, 11) is 0. The Labute approximate surface area is 252 Å². The molecule has 2 aromatic carbocycles. The number of carbonyl (C=O) groups is 3. The highest BCUT2D eigenvalue weighted by Crippen LogP contribution is 2.55. The molecule has 5 aliphatic rings. The van der Waals surface area contributed by atoms with Crippen molar-refractivity contribution in [3.8, 4) is 0 Å². The molecule has 224 valence electrons. The number of nitrogens with zero attached hydrogens (tertiary/aromatic N) is 3. The molecule has 1 unspecified atom stereocenters. The Morgan fingerprint density at radius 3 is 2.30 bits per heavy atom. The van der Waals surface area contributed by atoms with Crippen molar-refractivity contribution >= 4 is 17.7 Å². The molecule has 4 heterocycles. The summed E-state index contributed by atoms with van der Waals surface area (Å²) in [6, 6.07) is 17.5. The van der Waals surface area contributed by atoms with Crippen LogP contribution >= 0.6 is 0 Å². The molecule has 7 rings (SSSR count). The summed E-state index contributed by atoms with van der Waals surface area (Å²) in [5.41, 5.74) is 0.434. The van der Waals surface area contributed by atoms with Crippen molar-refractivity contribution in [3.63, 3.8) is 0 Å². The number of likely N-dealkylation sites (tertiary alicyclic amines) is 1. The summed E-state index contributed by atoms with van der Waals surface area (Å²) in [4.78, 5) is 49.1. The fraction of sp³-hybridized carbons (Fsp3) is 0.457. The first-order valence-electron chi connectivity index (χ1n) is 15.7. The van der Waals surface area contributed by atoms with Gasteiger partial charge < -0.3 is 24.5 Å². The maximum atomic E-state index is 14.8. The first-order chi connectivity index (χ1) is 21.0. The number of rotatable bonds is 6. The van der Waals surface area contributed by atoms with Crippen molar-refractivity contribution in [1.82, 2.24) is 14.7 Å². The number of hydrogen-bond acceptors (Lipinski definition) is 5. The molecule has 2 saturated heterocycles. The molecule has 3 amide bonds. The molecule has 8 nitrogen and oxygen atoms in total. The molecular weight excluding hydrogens is 542 g/mol. The van der Waals surface area contributed by atoms with Gasteiger partial charge in [-0.3, -0.25) is 14.4 Å². The summed E-state index contributed by atoms with van der Waals surface area (Å²) in [5.74, 6) is -2.29. The molecule has 2 aromatic rings. The van der Waals surface area contributed by atoms with Gasteiger partial charge in [-0.15, -0.1) is 0 Å². The van der Waals surface area contributed by atoms with Crippen LogP contribution in [0.15, 0.2) is 85.0 Å². The van der Waals surface area contributed by atoms with Crippen LogP contribution in [0.4, 0.5) is 0 Å². The number of amides is 3. The largest absolute Gasteiger partial charge is 0.394 e. The minimum atomic E-state index is -1.31. The molecule has 3 fully saturated rings. The van der Waals surface area contributed by atoms with Crippen LogP contribution in [0.5, 0.6) is 0 Å². The Morgan fingerprint density at radius 2 is 1.58 bits per heavy atom.